The zero-order valence-corrected chi connectivity index (χ0v) is 13.3. The lowest BCUT2D eigenvalue weighted by molar-refractivity contribution is 0.0941. The molecule has 0 bridgehead atoms. The molecule has 6 heteroatoms. The fourth-order valence-electron chi connectivity index (χ4n) is 1.80. The van der Waals surface area contributed by atoms with Gasteiger partial charge in [0.25, 0.3) is 5.91 Å². The summed E-state index contributed by atoms with van der Waals surface area (Å²) in [5.74, 6) is -0.117. The number of aromatic nitrogens is 1. The molecule has 2 aromatic heterocycles. The van der Waals surface area contributed by atoms with Gasteiger partial charge in [-0.25, -0.2) is 4.98 Å². The maximum Gasteiger partial charge on any atom is 0.270 e. The Kier molecular flexibility index (Phi) is 4.91. The van der Waals surface area contributed by atoms with Crippen molar-refractivity contribution in [3.05, 3.63) is 38.5 Å². The van der Waals surface area contributed by atoms with E-state index in [1.54, 1.807) is 16.7 Å². The van der Waals surface area contributed by atoms with Crippen LogP contribution in [0.3, 0.4) is 0 Å². The number of carbonyl (C=O) groups is 1. The minimum Gasteiger partial charge on any atom is -0.350 e. The van der Waals surface area contributed by atoms with Gasteiger partial charge >= 0.3 is 0 Å². The minimum absolute atomic E-state index is 0.0695. The predicted octanol–water partition coefficient (Wildman–Crippen LogP) is 2.41. The van der Waals surface area contributed by atoms with E-state index in [0.29, 0.717) is 18.8 Å². The van der Waals surface area contributed by atoms with Gasteiger partial charge in [0.05, 0.1) is 5.01 Å². The van der Waals surface area contributed by atoms with Crippen LogP contribution in [0, 0.1) is 0 Å². The van der Waals surface area contributed by atoms with Crippen LogP contribution in [-0.2, 0) is 11.8 Å². The number of nitrogens with two attached hydrogens (primary N) is 1. The maximum atomic E-state index is 12.1. The van der Waals surface area contributed by atoms with Crippen molar-refractivity contribution in [1.29, 1.82) is 0 Å². The van der Waals surface area contributed by atoms with E-state index in [4.69, 9.17) is 5.73 Å². The number of hydrogen-bond acceptors (Lipinski definition) is 5. The average molecular weight is 309 g/mol. The largest absolute Gasteiger partial charge is 0.350 e. The van der Waals surface area contributed by atoms with Crippen molar-refractivity contribution in [2.24, 2.45) is 5.73 Å². The third-order valence-corrected chi connectivity index (χ3v) is 5.17. The van der Waals surface area contributed by atoms with Gasteiger partial charge in [-0.2, -0.15) is 0 Å². The highest BCUT2D eigenvalue weighted by Gasteiger charge is 2.23. The molecule has 0 aliphatic carbocycles. The summed E-state index contributed by atoms with van der Waals surface area (Å²) in [6.45, 7) is 5.40. The van der Waals surface area contributed by atoms with E-state index >= 15 is 0 Å². The molecular weight excluding hydrogens is 290 g/mol. The second kappa shape index (κ2) is 6.47. The van der Waals surface area contributed by atoms with Crippen LogP contribution in [0.4, 0.5) is 0 Å². The Bertz CT molecular complexity index is 561. The van der Waals surface area contributed by atoms with Crippen LogP contribution in [0.15, 0.2) is 22.9 Å². The molecule has 0 unspecified atom stereocenters. The molecule has 0 spiro atoms. The number of nitrogens with one attached hydrogen (secondary N) is 1. The number of nitrogens with zero attached hydrogens (tertiary/aromatic N) is 1. The summed E-state index contributed by atoms with van der Waals surface area (Å²) in [7, 11) is 0. The number of rotatable bonds is 6. The van der Waals surface area contributed by atoms with E-state index in [1.807, 2.05) is 6.07 Å². The fourth-order valence-corrected chi connectivity index (χ4v) is 3.44. The van der Waals surface area contributed by atoms with Crippen LogP contribution in [0.5, 0.6) is 0 Å². The highest BCUT2D eigenvalue weighted by Crippen LogP contribution is 2.26. The lowest BCUT2D eigenvalue weighted by Gasteiger charge is -2.23. The predicted molar refractivity (Wildman–Crippen MR) is 84.6 cm³/mol. The molecule has 2 heterocycles. The average Bonchev–Trinajstić information content (AvgIpc) is 3.07. The topological polar surface area (TPSA) is 68.0 Å². The van der Waals surface area contributed by atoms with Gasteiger partial charge in [0, 0.05) is 28.6 Å². The minimum atomic E-state index is -0.117. The summed E-state index contributed by atoms with van der Waals surface area (Å²) >= 11 is 3.19. The van der Waals surface area contributed by atoms with E-state index in [9.17, 15) is 4.79 Å². The molecule has 0 aliphatic heterocycles. The Morgan fingerprint density at radius 1 is 1.45 bits per heavy atom. The first kappa shape index (κ1) is 15.2. The molecule has 0 fully saturated rings. The highest BCUT2D eigenvalue weighted by molar-refractivity contribution is 7.10. The molecule has 0 radical (unpaired) electrons. The lowest BCUT2D eigenvalue weighted by Crippen LogP contribution is -2.36. The van der Waals surface area contributed by atoms with Crippen molar-refractivity contribution in [3.63, 3.8) is 0 Å². The summed E-state index contributed by atoms with van der Waals surface area (Å²) in [4.78, 5) is 17.6. The van der Waals surface area contributed by atoms with E-state index < -0.39 is 0 Å². The first-order valence-corrected chi connectivity index (χ1v) is 8.25. The van der Waals surface area contributed by atoms with Gasteiger partial charge in [0.1, 0.15) is 5.69 Å². The molecular formula is C14H19N3OS2. The van der Waals surface area contributed by atoms with E-state index in [0.717, 1.165) is 11.4 Å². The van der Waals surface area contributed by atoms with Gasteiger partial charge in [-0.05, 0) is 18.0 Å². The molecule has 4 nitrogen and oxygen atoms in total. The molecule has 0 saturated heterocycles. The van der Waals surface area contributed by atoms with Gasteiger partial charge in [-0.3, -0.25) is 4.79 Å². The van der Waals surface area contributed by atoms with Crippen LogP contribution in [0.1, 0.15) is 34.2 Å². The SMILES string of the molecule is CC(C)(CNC(=O)c1csc(CCN)n1)c1cccs1. The number of hydrogen-bond donors (Lipinski definition) is 2. The van der Waals surface area contributed by atoms with Gasteiger partial charge in [0.2, 0.25) is 0 Å². The van der Waals surface area contributed by atoms with Gasteiger partial charge in [0.15, 0.2) is 0 Å². The van der Waals surface area contributed by atoms with Gasteiger partial charge < -0.3 is 11.1 Å². The van der Waals surface area contributed by atoms with E-state index in [2.05, 4.69) is 35.6 Å². The standard InChI is InChI=1S/C14H19N3OS2/c1-14(2,11-4-3-7-19-11)9-16-13(18)10-8-20-12(17-10)5-6-15/h3-4,7-8H,5-6,9,15H2,1-2H3,(H,16,18). The first-order chi connectivity index (χ1) is 9.53. The Labute approximate surface area is 127 Å². The molecule has 2 rings (SSSR count). The quantitative estimate of drug-likeness (QED) is 0.861. The monoisotopic (exact) mass is 309 g/mol. The smallest absolute Gasteiger partial charge is 0.270 e. The molecule has 0 saturated carbocycles. The van der Waals surface area contributed by atoms with Crippen molar-refractivity contribution in [1.82, 2.24) is 10.3 Å². The molecule has 2 aromatic rings. The van der Waals surface area contributed by atoms with Crippen LogP contribution >= 0.6 is 22.7 Å². The molecule has 0 aliphatic rings. The van der Waals surface area contributed by atoms with Crippen molar-refractivity contribution in [2.75, 3.05) is 13.1 Å². The molecule has 3 N–H and O–H groups in total. The molecule has 1 amide bonds. The fraction of sp³-hybridized carbons (Fsp3) is 0.429. The van der Waals surface area contributed by atoms with Crippen LogP contribution in [-0.4, -0.2) is 24.0 Å². The number of thiophene rings is 1. The normalized spacial score (nSPS) is 11.6. The van der Waals surface area contributed by atoms with Gasteiger partial charge in [-0.15, -0.1) is 22.7 Å². The second-order valence-electron chi connectivity index (χ2n) is 5.21. The number of amides is 1. The highest BCUT2D eigenvalue weighted by atomic mass is 32.1. The van der Waals surface area contributed by atoms with E-state index in [-0.39, 0.29) is 11.3 Å². The summed E-state index contributed by atoms with van der Waals surface area (Å²) in [6.07, 6.45) is 0.721. The Balaban J connectivity index is 1.94. The van der Waals surface area contributed by atoms with Crippen molar-refractivity contribution in [3.8, 4) is 0 Å². The lowest BCUT2D eigenvalue weighted by atomic mass is 9.91. The second-order valence-corrected chi connectivity index (χ2v) is 7.10. The Morgan fingerprint density at radius 3 is 2.90 bits per heavy atom. The Hall–Kier alpha value is -1.24. The summed E-state index contributed by atoms with van der Waals surface area (Å²) in [5.41, 5.74) is 5.90. The van der Waals surface area contributed by atoms with Crippen molar-refractivity contribution in [2.45, 2.75) is 25.7 Å². The molecule has 20 heavy (non-hydrogen) atoms. The van der Waals surface area contributed by atoms with Crippen molar-refractivity contribution < 1.29 is 4.79 Å². The third kappa shape index (κ3) is 3.65. The third-order valence-electron chi connectivity index (χ3n) is 3.02. The zero-order valence-electron chi connectivity index (χ0n) is 11.7. The number of carbonyl (C=O) groups excluding carboxylic acids is 1. The number of thiazole rings is 1. The first-order valence-electron chi connectivity index (χ1n) is 6.49. The van der Waals surface area contributed by atoms with Crippen LogP contribution < -0.4 is 11.1 Å². The molecule has 0 aromatic carbocycles. The maximum absolute atomic E-state index is 12.1. The summed E-state index contributed by atoms with van der Waals surface area (Å²) < 4.78 is 0. The summed E-state index contributed by atoms with van der Waals surface area (Å²) in [6, 6.07) is 4.13. The Morgan fingerprint density at radius 2 is 2.25 bits per heavy atom. The molecule has 108 valence electrons. The van der Waals surface area contributed by atoms with Gasteiger partial charge in [-0.1, -0.05) is 19.9 Å². The van der Waals surface area contributed by atoms with E-state index in [1.165, 1.54) is 16.2 Å². The van der Waals surface area contributed by atoms with Crippen LogP contribution in [0.25, 0.3) is 0 Å². The molecule has 0 atom stereocenters. The van der Waals surface area contributed by atoms with Crippen LogP contribution in [0.2, 0.25) is 0 Å². The zero-order chi connectivity index (χ0) is 14.6. The summed E-state index contributed by atoms with van der Waals surface area (Å²) in [5, 5.41) is 7.72. The van der Waals surface area contributed by atoms with Crippen molar-refractivity contribution >= 4 is 28.6 Å².